The van der Waals surface area contributed by atoms with Crippen molar-refractivity contribution >= 4 is 58.5 Å². The van der Waals surface area contributed by atoms with E-state index in [0.717, 1.165) is 21.6 Å². The first kappa shape index (κ1) is 31.3. The van der Waals surface area contributed by atoms with Gasteiger partial charge >= 0.3 is 0 Å². The predicted octanol–water partition coefficient (Wildman–Crippen LogP) is 8.53. The summed E-state index contributed by atoms with van der Waals surface area (Å²) >= 11 is 7.55. The number of nitrogens with one attached hydrogen (secondary N) is 3. The summed E-state index contributed by atoms with van der Waals surface area (Å²) in [6.07, 6.45) is 1.63. The molecule has 0 bridgehead atoms. The van der Waals surface area contributed by atoms with Crippen LogP contribution in [-0.4, -0.2) is 17.7 Å². The van der Waals surface area contributed by atoms with Crippen LogP contribution in [0.15, 0.2) is 144 Å². The fourth-order valence-corrected chi connectivity index (χ4v) is 5.72. The van der Waals surface area contributed by atoms with Gasteiger partial charge in [0, 0.05) is 26.9 Å². The number of aryl methyl sites for hydroxylation is 1. The molecular weight excluding hydrogens is 602 g/mol. The minimum absolute atomic E-state index is 0.0894. The van der Waals surface area contributed by atoms with E-state index < -0.39 is 17.1 Å². The Morgan fingerprint density at radius 2 is 1.40 bits per heavy atom. The summed E-state index contributed by atoms with van der Waals surface area (Å²) < 4.78 is 0. The molecule has 0 heterocycles. The lowest BCUT2D eigenvalue weighted by Crippen LogP contribution is -2.30. The van der Waals surface area contributed by atoms with Gasteiger partial charge in [0.15, 0.2) is 0 Å². The van der Waals surface area contributed by atoms with Crippen molar-refractivity contribution in [2.75, 3.05) is 10.6 Å². The fraction of sp³-hybridized carbons (Fsp3) is 0.0541. The number of amides is 3. The minimum atomic E-state index is -0.589. The molecule has 5 aromatic carbocycles. The SMILES string of the molecule is Cc1ccc(Cl)cc1NC(=O)C(Sc1cccc(NC(=O)/C(=C/c2ccccc2)NC(=O)c2ccccc2)c1)c1ccccc1. The lowest BCUT2D eigenvalue weighted by molar-refractivity contribution is -0.116. The van der Waals surface area contributed by atoms with E-state index in [1.807, 2.05) is 91.9 Å². The molecule has 0 saturated heterocycles. The van der Waals surface area contributed by atoms with Gasteiger partial charge in [0.1, 0.15) is 10.9 Å². The summed E-state index contributed by atoms with van der Waals surface area (Å²) in [6.45, 7) is 1.91. The number of anilines is 2. The number of hydrogen-bond acceptors (Lipinski definition) is 4. The zero-order valence-electron chi connectivity index (χ0n) is 24.4. The van der Waals surface area contributed by atoms with Gasteiger partial charge < -0.3 is 16.0 Å². The maximum atomic E-state index is 13.6. The van der Waals surface area contributed by atoms with Crippen LogP contribution in [0.1, 0.15) is 32.3 Å². The Bertz CT molecular complexity index is 1830. The molecule has 45 heavy (non-hydrogen) atoms. The van der Waals surface area contributed by atoms with E-state index in [-0.39, 0.29) is 11.6 Å². The average molecular weight is 632 g/mol. The standard InChI is InChI=1S/C37H30ClN3O3S/c1-25-20-21-29(38)23-32(25)40-37(44)34(27-14-7-3-8-15-27)45-31-19-11-18-30(24-31)39-36(43)33(22-26-12-5-2-6-13-26)41-35(42)28-16-9-4-10-17-28/h2-24,34H,1H3,(H,39,43)(H,40,44)(H,41,42)/b33-22-. The summed E-state index contributed by atoms with van der Waals surface area (Å²) in [5.74, 6) is -1.09. The van der Waals surface area contributed by atoms with Crippen LogP contribution in [0.5, 0.6) is 0 Å². The van der Waals surface area contributed by atoms with Crippen molar-refractivity contribution in [1.82, 2.24) is 5.32 Å². The van der Waals surface area contributed by atoms with Crippen LogP contribution < -0.4 is 16.0 Å². The maximum absolute atomic E-state index is 13.6. The van der Waals surface area contributed by atoms with Gasteiger partial charge in [-0.05, 0) is 72.2 Å². The molecule has 0 fully saturated rings. The van der Waals surface area contributed by atoms with E-state index in [9.17, 15) is 14.4 Å². The Kier molecular flexibility index (Phi) is 10.5. The molecule has 1 unspecified atom stereocenters. The van der Waals surface area contributed by atoms with Crippen LogP contribution >= 0.6 is 23.4 Å². The molecule has 8 heteroatoms. The second-order valence-electron chi connectivity index (χ2n) is 10.1. The van der Waals surface area contributed by atoms with Crippen LogP contribution in [0, 0.1) is 6.92 Å². The fourth-order valence-electron chi connectivity index (χ4n) is 4.47. The molecule has 6 nitrogen and oxygen atoms in total. The third-order valence-corrected chi connectivity index (χ3v) is 8.27. The van der Waals surface area contributed by atoms with E-state index in [1.165, 1.54) is 11.8 Å². The zero-order valence-corrected chi connectivity index (χ0v) is 25.9. The molecule has 0 aliphatic carbocycles. The highest BCUT2D eigenvalue weighted by Crippen LogP contribution is 2.37. The number of halogens is 1. The Labute approximate surface area is 271 Å². The Hall–Kier alpha value is -5.11. The average Bonchev–Trinajstić information content (AvgIpc) is 3.06. The number of carbonyl (C=O) groups excluding carboxylic acids is 3. The van der Waals surface area contributed by atoms with Crippen molar-refractivity contribution < 1.29 is 14.4 Å². The molecule has 0 saturated carbocycles. The van der Waals surface area contributed by atoms with Gasteiger partial charge in [0.25, 0.3) is 11.8 Å². The quantitative estimate of drug-likeness (QED) is 0.106. The molecule has 224 valence electrons. The lowest BCUT2D eigenvalue weighted by Gasteiger charge is -2.19. The Morgan fingerprint density at radius 1 is 0.733 bits per heavy atom. The molecule has 0 aliphatic heterocycles. The molecule has 5 rings (SSSR count). The number of hydrogen-bond donors (Lipinski definition) is 3. The van der Waals surface area contributed by atoms with Crippen molar-refractivity contribution in [3.05, 3.63) is 166 Å². The number of rotatable bonds is 10. The normalized spacial score (nSPS) is 11.7. The van der Waals surface area contributed by atoms with Gasteiger partial charge in [-0.1, -0.05) is 103 Å². The number of benzene rings is 5. The summed E-state index contributed by atoms with van der Waals surface area (Å²) in [5, 5.41) is 8.63. The first-order chi connectivity index (χ1) is 21.9. The zero-order chi connectivity index (χ0) is 31.6. The van der Waals surface area contributed by atoms with Gasteiger partial charge in [-0.25, -0.2) is 0 Å². The minimum Gasteiger partial charge on any atom is -0.325 e. The van der Waals surface area contributed by atoms with E-state index in [1.54, 1.807) is 54.6 Å². The summed E-state index contributed by atoms with van der Waals surface area (Å²) in [5.41, 5.74) is 4.15. The van der Waals surface area contributed by atoms with Crippen LogP contribution in [0.3, 0.4) is 0 Å². The Morgan fingerprint density at radius 3 is 2.11 bits per heavy atom. The first-order valence-corrected chi connectivity index (χ1v) is 15.4. The smallest absolute Gasteiger partial charge is 0.272 e. The van der Waals surface area contributed by atoms with Gasteiger partial charge in [-0.3, -0.25) is 14.4 Å². The monoisotopic (exact) mass is 631 g/mol. The molecule has 0 aromatic heterocycles. The van der Waals surface area contributed by atoms with Crippen molar-refractivity contribution in [3.8, 4) is 0 Å². The molecular formula is C37H30ClN3O3S. The third-order valence-electron chi connectivity index (χ3n) is 6.78. The molecule has 0 spiro atoms. The first-order valence-electron chi connectivity index (χ1n) is 14.2. The highest BCUT2D eigenvalue weighted by Gasteiger charge is 2.23. The van der Waals surface area contributed by atoms with Gasteiger partial charge in [-0.2, -0.15) is 0 Å². The molecule has 0 aliphatic rings. The van der Waals surface area contributed by atoms with E-state index in [4.69, 9.17) is 11.6 Å². The predicted molar refractivity (Wildman–Crippen MR) is 183 cm³/mol. The van der Waals surface area contributed by atoms with Crippen molar-refractivity contribution in [2.24, 2.45) is 0 Å². The molecule has 3 N–H and O–H groups in total. The van der Waals surface area contributed by atoms with E-state index in [2.05, 4.69) is 16.0 Å². The van der Waals surface area contributed by atoms with Crippen LogP contribution in [-0.2, 0) is 9.59 Å². The largest absolute Gasteiger partial charge is 0.325 e. The molecule has 3 amide bonds. The van der Waals surface area contributed by atoms with Gasteiger partial charge in [0.2, 0.25) is 5.91 Å². The summed E-state index contributed by atoms with van der Waals surface area (Å²) in [4.78, 5) is 40.9. The Balaban J connectivity index is 1.37. The second-order valence-corrected chi connectivity index (χ2v) is 11.7. The highest BCUT2D eigenvalue weighted by molar-refractivity contribution is 8.00. The molecule has 5 aromatic rings. The van der Waals surface area contributed by atoms with Crippen LogP contribution in [0.4, 0.5) is 11.4 Å². The van der Waals surface area contributed by atoms with Gasteiger partial charge in [0.05, 0.1) is 0 Å². The molecule has 1 atom stereocenters. The number of thioether (sulfide) groups is 1. The summed E-state index contributed by atoms with van der Waals surface area (Å²) in [6, 6.07) is 40.1. The molecule has 0 radical (unpaired) electrons. The third kappa shape index (κ3) is 8.72. The van der Waals surface area contributed by atoms with Crippen LogP contribution in [0.25, 0.3) is 6.08 Å². The van der Waals surface area contributed by atoms with Crippen molar-refractivity contribution in [2.45, 2.75) is 17.1 Å². The van der Waals surface area contributed by atoms with Crippen molar-refractivity contribution in [3.63, 3.8) is 0 Å². The van der Waals surface area contributed by atoms with Gasteiger partial charge in [-0.15, -0.1) is 11.8 Å². The number of carbonyl (C=O) groups is 3. The van der Waals surface area contributed by atoms with E-state index >= 15 is 0 Å². The topological polar surface area (TPSA) is 87.3 Å². The second kappa shape index (κ2) is 15.1. The van der Waals surface area contributed by atoms with Crippen molar-refractivity contribution in [1.29, 1.82) is 0 Å². The lowest BCUT2D eigenvalue weighted by atomic mass is 10.1. The van der Waals surface area contributed by atoms with Crippen LogP contribution in [0.2, 0.25) is 5.02 Å². The maximum Gasteiger partial charge on any atom is 0.272 e. The van der Waals surface area contributed by atoms with E-state index in [0.29, 0.717) is 22.0 Å². The highest BCUT2D eigenvalue weighted by atomic mass is 35.5. The summed E-state index contributed by atoms with van der Waals surface area (Å²) in [7, 11) is 0.